The third-order valence-corrected chi connectivity index (χ3v) is 5.04. The summed E-state index contributed by atoms with van der Waals surface area (Å²) in [5.74, 6) is 1.09. The van der Waals surface area contributed by atoms with Crippen molar-refractivity contribution in [2.75, 3.05) is 20.2 Å². The van der Waals surface area contributed by atoms with Crippen molar-refractivity contribution >= 4 is 17.7 Å². The number of para-hydroxylation sites is 1. The molecule has 0 radical (unpaired) electrons. The molecule has 0 unspecified atom stereocenters. The summed E-state index contributed by atoms with van der Waals surface area (Å²) in [6, 6.07) is 8.54. The molecule has 1 aromatic rings. The summed E-state index contributed by atoms with van der Waals surface area (Å²) in [5.41, 5.74) is 1.09. The Morgan fingerprint density at radius 1 is 1.38 bits per heavy atom. The first kappa shape index (κ1) is 16.2. The topological polar surface area (TPSA) is 46.1 Å². The normalized spacial score (nSPS) is 22.1. The van der Waals surface area contributed by atoms with Gasteiger partial charge in [0.1, 0.15) is 11.1 Å². The van der Waals surface area contributed by atoms with Crippen LogP contribution in [0.4, 0.5) is 0 Å². The molecule has 1 aromatic carbocycles. The highest BCUT2D eigenvalue weighted by Gasteiger charge is 2.39. The lowest BCUT2D eigenvalue weighted by Crippen LogP contribution is -2.89. The number of amides is 1. The minimum absolute atomic E-state index is 0.0129. The first-order valence-corrected chi connectivity index (χ1v) is 8.41. The Morgan fingerprint density at radius 2 is 2.10 bits per heavy atom. The van der Waals surface area contributed by atoms with Crippen molar-refractivity contribution in [1.82, 2.24) is 4.90 Å². The van der Waals surface area contributed by atoms with E-state index in [0.29, 0.717) is 6.04 Å². The van der Waals surface area contributed by atoms with Gasteiger partial charge in [0.15, 0.2) is 0 Å². The molecule has 0 bridgehead atoms. The summed E-state index contributed by atoms with van der Waals surface area (Å²) in [7, 11) is 1.68. The highest BCUT2D eigenvalue weighted by molar-refractivity contribution is 8.01. The van der Waals surface area contributed by atoms with Gasteiger partial charge in [0, 0.05) is 5.56 Å². The lowest BCUT2D eigenvalue weighted by atomic mass is 10.1. The Morgan fingerprint density at radius 3 is 2.76 bits per heavy atom. The van der Waals surface area contributed by atoms with Crippen LogP contribution >= 0.6 is 11.8 Å². The number of nitrogens with two attached hydrogens (primary N) is 1. The summed E-state index contributed by atoms with van der Waals surface area (Å²) in [4.78, 5) is 14.4. The van der Waals surface area contributed by atoms with Crippen LogP contribution in [0, 0.1) is 0 Å². The maximum absolute atomic E-state index is 12.4. The molecule has 1 fully saturated rings. The van der Waals surface area contributed by atoms with Crippen molar-refractivity contribution in [2.45, 2.75) is 37.4 Å². The van der Waals surface area contributed by atoms with Gasteiger partial charge in [0.2, 0.25) is 5.91 Å². The summed E-state index contributed by atoms with van der Waals surface area (Å²) in [5, 5.41) is 2.34. The molecular weight excluding hydrogens is 284 g/mol. The molecule has 2 N–H and O–H groups in total. The Labute approximate surface area is 131 Å². The molecule has 0 aliphatic carbocycles. The van der Waals surface area contributed by atoms with Crippen molar-refractivity contribution in [3.63, 3.8) is 0 Å². The van der Waals surface area contributed by atoms with Crippen molar-refractivity contribution in [3.05, 3.63) is 29.8 Å². The Bertz CT molecular complexity index is 493. The van der Waals surface area contributed by atoms with Crippen LogP contribution in [-0.2, 0) is 4.79 Å². The number of carbonyl (C=O) groups is 1. The monoisotopic (exact) mass is 309 g/mol. The van der Waals surface area contributed by atoms with Crippen molar-refractivity contribution in [3.8, 4) is 5.75 Å². The average Bonchev–Trinajstić information content (AvgIpc) is 2.75. The Balaban J connectivity index is 2.17. The molecule has 2 atom stereocenters. The van der Waals surface area contributed by atoms with Crippen LogP contribution in [0.25, 0.3) is 0 Å². The number of hydrogen-bond donors (Lipinski definition) is 1. The van der Waals surface area contributed by atoms with Crippen LogP contribution < -0.4 is 10.1 Å². The molecule has 0 saturated carbocycles. The SMILES string of the molecule is COc1ccccc1[C@@H]1S[C@H](C)C(=O)N1CC[NH2+]C(C)C. The maximum atomic E-state index is 12.4. The Hall–Kier alpha value is -1.20. The number of thioether (sulfide) groups is 1. The minimum atomic E-state index is 0.0129. The lowest BCUT2D eigenvalue weighted by Gasteiger charge is -2.25. The molecule has 5 heteroatoms. The zero-order valence-corrected chi connectivity index (χ0v) is 14.0. The largest absolute Gasteiger partial charge is 0.496 e. The predicted octanol–water partition coefficient (Wildman–Crippen LogP) is 1.63. The van der Waals surface area contributed by atoms with E-state index in [9.17, 15) is 4.79 Å². The van der Waals surface area contributed by atoms with E-state index in [1.807, 2.05) is 30.0 Å². The molecule has 0 aromatic heterocycles. The number of ether oxygens (including phenoxy) is 1. The van der Waals surface area contributed by atoms with Gasteiger partial charge in [-0.3, -0.25) is 4.79 Å². The van der Waals surface area contributed by atoms with Crippen molar-refractivity contribution in [2.24, 2.45) is 0 Å². The van der Waals surface area contributed by atoms with E-state index < -0.39 is 0 Å². The molecule has 1 saturated heterocycles. The number of methoxy groups -OCH3 is 1. The highest BCUT2D eigenvalue weighted by Crippen LogP contribution is 2.45. The summed E-state index contributed by atoms with van der Waals surface area (Å²) in [6.07, 6.45) is 0. The molecule has 116 valence electrons. The van der Waals surface area contributed by atoms with Gasteiger partial charge in [-0.2, -0.15) is 0 Å². The third-order valence-electron chi connectivity index (χ3n) is 3.66. The molecule has 1 amide bonds. The van der Waals surface area contributed by atoms with Gasteiger partial charge in [-0.15, -0.1) is 11.8 Å². The van der Waals surface area contributed by atoms with Crippen molar-refractivity contribution < 1.29 is 14.8 Å². The zero-order valence-electron chi connectivity index (χ0n) is 13.2. The number of rotatable bonds is 6. The standard InChI is InChI=1S/C16H24N2O2S/c1-11(2)17-9-10-18-15(19)12(3)21-16(18)13-7-5-6-8-14(13)20-4/h5-8,11-12,16-17H,9-10H2,1-4H3/p+1/t12-,16+/m1/s1. The molecule has 1 heterocycles. The van der Waals surface area contributed by atoms with Gasteiger partial charge in [-0.1, -0.05) is 18.2 Å². The fraction of sp³-hybridized carbons (Fsp3) is 0.562. The van der Waals surface area contributed by atoms with E-state index in [-0.39, 0.29) is 16.5 Å². The first-order valence-electron chi connectivity index (χ1n) is 7.46. The molecule has 1 aliphatic rings. The van der Waals surface area contributed by atoms with E-state index in [2.05, 4.69) is 25.2 Å². The van der Waals surface area contributed by atoms with Gasteiger partial charge in [0.05, 0.1) is 31.5 Å². The van der Waals surface area contributed by atoms with Crippen LogP contribution in [0.2, 0.25) is 0 Å². The highest BCUT2D eigenvalue weighted by atomic mass is 32.2. The second-order valence-electron chi connectivity index (χ2n) is 5.67. The van der Waals surface area contributed by atoms with E-state index >= 15 is 0 Å². The molecule has 4 nitrogen and oxygen atoms in total. The van der Waals surface area contributed by atoms with Crippen LogP contribution in [0.5, 0.6) is 5.75 Å². The van der Waals surface area contributed by atoms with Crippen LogP contribution in [0.1, 0.15) is 31.7 Å². The molecule has 1 aliphatic heterocycles. The molecular formula is C16H25N2O2S+. The van der Waals surface area contributed by atoms with E-state index in [0.717, 1.165) is 24.4 Å². The molecule has 2 rings (SSSR count). The summed E-state index contributed by atoms with van der Waals surface area (Å²) >= 11 is 1.71. The van der Waals surface area contributed by atoms with Gasteiger partial charge in [-0.25, -0.2) is 0 Å². The number of benzene rings is 1. The minimum Gasteiger partial charge on any atom is -0.496 e. The predicted molar refractivity (Wildman–Crippen MR) is 86.4 cm³/mol. The Kier molecular flexibility index (Phi) is 5.53. The lowest BCUT2D eigenvalue weighted by molar-refractivity contribution is -0.682. The van der Waals surface area contributed by atoms with Crippen LogP contribution in [0.15, 0.2) is 24.3 Å². The maximum Gasteiger partial charge on any atom is 0.236 e. The smallest absolute Gasteiger partial charge is 0.236 e. The number of quaternary nitrogens is 1. The second kappa shape index (κ2) is 7.18. The van der Waals surface area contributed by atoms with E-state index in [1.54, 1.807) is 18.9 Å². The van der Waals surface area contributed by atoms with Gasteiger partial charge < -0.3 is 15.0 Å². The van der Waals surface area contributed by atoms with Crippen LogP contribution in [0.3, 0.4) is 0 Å². The fourth-order valence-corrected chi connectivity index (χ4v) is 3.90. The third kappa shape index (κ3) is 3.71. The van der Waals surface area contributed by atoms with Crippen LogP contribution in [-0.4, -0.2) is 42.3 Å². The number of carbonyl (C=O) groups excluding carboxylic acids is 1. The number of hydrogen-bond acceptors (Lipinski definition) is 3. The molecule has 0 spiro atoms. The van der Waals surface area contributed by atoms with Gasteiger partial charge in [0.25, 0.3) is 0 Å². The second-order valence-corrected chi connectivity index (χ2v) is 7.10. The first-order chi connectivity index (χ1) is 10.0. The van der Waals surface area contributed by atoms with E-state index in [4.69, 9.17) is 4.74 Å². The summed E-state index contributed by atoms with van der Waals surface area (Å²) in [6.45, 7) is 8.03. The van der Waals surface area contributed by atoms with E-state index in [1.165, 1.54) is 0 Å². The summed E-state index contributed by atoms with van der Waals surface area (Å²) < 4.78 is 5.46. The van der Waals surface area contributed by atoms with Gasteiger partial charge in [-0.05, 0) is 26.8 Å². The fourth-order valence-electron chi connectivity index (χ4n) is 2.56. The molecule has 21 heavy (non-hydrogen) atoms. The van der Waals surface area contributed by atoms with Crippen molar-refractivity contribution in [1.29, 1.82) is 0 Å². The quantitative estimate of drug-likeness (QED) is 0.869. The van der Waals surface area contributed by atoms with Gasteiger partial charge >= 0.3 is 0 Å². The average molecular weight is 309 g/mol. The zero-order chi connectivity index (χ0) is 15.4. The number of nitrogens with zero attached hydrogens (tertiary/aromatic N) is 1.